The van der Waals surface area contributed by atoms with E-state index in [2.05, 4.69) is 5.32 Å². The molecule has 0 unspecified atom stereocenters. The normalized spacial score (nSPS) is 11.4. The van der Waals surface area contributed by atoms with Gasteiger partial charge in [0.15, 0.2) is 0 Å². The zero-order chi connectivity index (χ0) is 15.5. The van der Waals surface area contributed by atoms with Crippen molar-refractivity contribution < 1.29 is 18.3 Å². The second-order valence-electron chi connectivity index (χ2n) is 4.63. The Hall–Kier alpha value is -2.21. The van der Waals surface area contributed by atoms with Gasteiger partial charge in [0.2, 0.25) is 0 Å². The van der Waals surface area contributed by atoms with Gasteiger partial charge in [-0.1, -0.05) is 24.3 Å². The van der Waals surface area contributed by atoms with Gasteiger partial charge in [-0.05, 0) is 29.3 Å². The smallest absolute Gasteiger partial charge is 0.397 e. The fraction of sp³-hybridized carbons (Fsp3) is 0.200. The summed E-state index contributed by atoms with van der Waals surface area (Å²) in [5, 5.41) is 11.9. The maximum atomic E-state index is 12.5. The molecule has 0 amide bonds. The van der Waals surface area contributed by atoms with Gasteiger partial charge in [0.05, 0.1) is 23.5 Å². The van der Waals surface area contributed by atoms with Gasteiger partial charge in [0.25, 0.3) is 0 Å². The largest absolute Gasteiger partial charge is 0.416 e. The Morgan fingerprint density at radius 1 is 1.00 bits per heavy atom. The molecule has 0 saturated carbocycles. The molecule has 0 spiro atoms. The molecular formula is C15H15F3N2O. The first-order valence-electron chi connectivity index (χ1n) is 6.29. The highest BCUT2D eigenvalue weighted by atomic mass is 19.4. The van der Waals surface area contributed by atoms with Crippen molar-refractivity contribution in [3.63, 3.8) is 0 Å². The lowest BCUT2D eigenvalue weighted by Crippen LogP contribution is -2.08. The molecule has 0 atom stereocenters. The van der Waals surface area contributed by atoms with E-state index in [0.717, 1.165) is 23.3 Å². The van der Waals surface area contributed by atoms with Crippen LogP contribution in [0.3, 0.4) is 0 Å². The van der Waals surface area contributed by atoms with Crippen molar-refractivity contribution in [2.24, 2.45) is 0 Å². The topological polar surface area (TPSA) is 58.3 Å². The Morgan fingerprint density at radius 2 is 1.62 bits per heavy atom. The Morgan fingerprint density at radius 3 is 2.14 bits per heavy atom. The zero-order valence-electron chi connectivity index (χ0n) is 11.1. The van der Waals surface area contributed by atoms with Crippen LogP contribution in [0.2, 0.25) is 0 Å². The van der Waals surface area contributed by atoms with E-state index in [1.807, 2.05) is 12.1 Å². The predicted octanol–water partition coefficient (Wildman–Crippen LogP) is 3.39. The van der Waals surface area contributed by atoms with Crippen LogP contribution in [0.15, 0.2) is 42.5 Å². The summed E-state index contributed by atoms with van der Waals surface area (Å²) in [6.45, 7) is 0.404. The van der Waals surface area contributed by atoms with Crippen molar-refractivity contribution in [2.75, 3.05) is 11.1 Å². The van der Waals surface area contributed by atoms with Crippen molar-refractivity contribution in [1.29, 1.82) is 0 Å². The number of nitrogen functional groups attached to an aromatic ring is 1. The standard InChI is InChI=1S/C15H15F3N2O/c16-15(17,18)12-5-6-14(13(19)7-12)20-8-10-1-3-11(9-21)4-2-10/h1-7,20-21H,8-9,19H2. The third-order valence-corrected chi connectivity index (χ3v) is 3.07. The average molecular weight is 296 g/mol. The number of anilines is 2. The van der Waals surface area contributed by atoms with Crippen molar-refractivity contribution in [3.8, 4) is 0 Å². The van der Waals surface area contributed by atoms with E-state index in [9.17, 15) is 13.2 Å². The van der Waals surface area contributed by atoms with Gasteiger partial charge >= 0.3 is 6.18 Å². The van der Waals surface area contributed by atoms with Crippen molar-refractivity contribution in [3.05, 3.63) is 59.2 Å². The first kappa shape index (κ1) is 15.2. The highest BCUT2D eigenvalue weighted by Crippen LogP contribution is 2.32. The van der Waals surface area contributed by atoms with Gasteiger partial charge in [-0.25, -0.2) is 0 Å². The van der Waals surface area contributed by atoms with Crippen molar-refractivity contribution in [1.82, 2.24) is 0 Å². The van der Waals surface area contributed by atoms with Crippen LogP contribution in [0, 0.1) is 0 Å². The molecule has 4 N–H and O–H groups in total. The Kier molecular flexibility index (Phi) is 4.37. The summed E-state index contributed by atoms with van der Waals surface area (Å²) in [4.78, 5) is 0. The molecule has 2 aromatic carbocycles. The quantitative estimate of drug-likeness (QED) is 0.758. The highest BCUT2D eigenvalue weighted by molar-refractivity contribution is 5.67. The number of rotatable bonds is 4. The molecule has 21 heavy (non-hydrogen) atoms. The summed E-state index contributed by atoms with van der Waals surface area (Å²) in [7, 11) is 0. The van der Waals surface area contributed by atoms with Crippen LogP contribution in [0.1, 0.15) is 16.7 Å². The molecule has 6 heteroatoms. The molecule has 3 nitrogen and oxygen atoms in total. The lowest BCUT2D eigenvalue weighted by atomic mass is 10.1. The average Bonchev–Trinajstić information content (AvgIpc) is 2.45. The summed E-state index contributed by atoms with van der Waals surface area (Å²) in [6, 6.07) is 10.5. The van der Waals surface area contributed by atoms with E-state index in [1.165, 1.54) is 6.07 Å². The molecule has 0 bridgehead atoms. The van der Waals surface area contributed by atoms with Crippen molar-refractivity contribution in [2.45, 2.75) is 19.3 Å². The van der Waals surface area contributed by atoms with E-state index in [4.69, 9.17) is 10.8 Å². The molecule has 0 radical (unpaired) electrons. The fourth-order valence-electron chi connectivity index (χ4n) is 1.86. The number of nitrogens with two attached hydrogens (primary N) is 1. The molecule has 2 rings (SSSR count). The van der Waals surface area contributed by atoms with Gasteiger partial charge in [-0.15, -0.1) is 0 Å². The Bertz CT molecular complexity index is 609. The summed E-state index contributed by atoms with van der Waals surface area (Å²) in [6.07, 6.45) is -4.40. The maximum absolute atomic E-state index is 12.5. The third-order valence-electron chi connectivity index (χ3n) is 3.07. The van der Waals surface area contributed by atoms with E-state index in [0.29, 0.717) is 12.2 Å². The predicted molar refractivity (Wildman–Crippen MR) is 75.5 cm³/mol. The van der Waals surface area contributed by atoms with E-state index >= 15 is 0 Å². The molecular weight excluding hydrogens is 281 g/mol. The molecule has 0 aromatic heterocycles. The minimum atomic E-state index is -4.40. The third kappa shape index (κ3) is 3.88. The molecule has 0 aliphatic heterocycles. The van der Waals surface area contributed by atoms with E-state index < -0.39 is 11.7 Å². The van der Waals surface area contributed by atoms with Crippen LogP contribution in [0.4, 0.5) is 24.5 Å². The number of hydrogen-bond acceptors (Lipinski definition) is 3. The summed E-state index contributed by atoms with van der Waals surface area (Å²) in [5.74, 6) is 0. The summed E-state index contributed by atoms with van der Waals surface area (Å²) in [5.41, 5.74) is 7.11. The van der Waals surface area contributed by atoms with Crippen molar-refractivity contribution >= 4 is 11.4 Å². The summed E-state index contributed by atoms with van der Waals surface area (Å²) >= 11 is 0. The molecule has 0 saturated heterocycles. The first-order valence-corrected chi connectivity index (χ1v) is 6.29. The monoisotopic (exact) mass is 296 g/mol. The van der Waals surface area contributed by atoms with Crippen LogP contribution in [0.5, 0.6) is 0 Å². The van der Waals surface area contributed by atoms with Gasteiger partial charge in [-0.3, -0.25) is 0 Å². The number of alkyl halides is 3. The minimum absolute atomic E-state index is 0.0282. The van der Waals surface area contributed by atoms with Gasteiger partial charge in [0.1, 0.15) is 0 Å². The van der Waals surface area contributed by atoms with E-state index in [1.54, 1.807) is 12.1 Å². The van der Waals surface area contributed by atoms with Gasteiger partial charge < -0.3 is 16.2 Å². The Balaban J connectivity index is 2.06. The molecule has 0 fully saturated rings. The van der Waals surface area contributed by atoms with Crippen LogP contribution >= 0.6 is 0 Å². The molecule has 2 aromatic rings. The maximum Gasteiger partial charge on any atom is 0.416 e. The number of aliphatic hydroxyl groups excluding tert-OH is 1. The highest BCUT2D eigenvalue weighted by Gasteiger charge is 2.30. The fourth-order valence-corrected chi connectivity index (χ4v) is 1.86. The SMILES string of the molecule is Nc1cc(C(F)(F)F)ccc1NCc1ccc(CO)cc1. The summed E-state index contributed by atoms with van der Waals surface area (Å²) < 4.78 is 37.6. The number of hydrogen-bond donors (Lipinski definition) is 3. The second-order valence-corrected chi connectivity index (χ2v) is 4.63. The van der Waals surface area contributed by atoms with E-state index in [-0.39, 0.29) is 12.3 Å². The molecule has 0 aliphatic rings. The molecule has 0 heterocycles. The molecule has 112 valence electrons. The van der Waals surface area contributed by atoms with Gasteiger partial charge in [-0.2, -0.15) is 13.2 Å². The minimum Gasteiger partial charge on any atom is -0.397 e. The molecule has 0 aliphatic carbocycles. The number of aliphatic hydroxyl groups is 1. The number of nitrogens with one attached hydrogen (secondary N) is 1. The second kappa shape index (κ2) is 6.05. The lowest BCUT2D eigenvalue weighted by molar-refractivity contribution is -0.137. The number of halogens is 3. The van der Waals surface area contributed by atoms with Crippen LogP contribution in [-0.4, -0.2) is 5.11 Å². The number of benzene rings is 2. The van der Waals surface area contributed by atoms with Crippen LogP contribution < -0.4 is 11.1 Å². The zero-order valence-corrected chi connectivity index (χ0v) is 11.1. The van der Waals surface area contributed by atoms with Gasteiger partial charge in [0, 0.05) is 6.54 Å². The van der Waals surface area contributed by atoms with Crippen LogP contribution in [-0.2, 0) is 19.3 Å². The van der Waals surface area contributed by atoms with Crippen LogP contribution in [0.25, 0.3) is 0 Å². The lowest BCUT2D eigenvalue weighted by Gasteiger charge is -2.13. The Labute approximate surface area is 120 Å². The first-order chi connectivity index (χ1) is 9.90.